The molecule has 1 aliphatic carbocycles. The number of fused-ring (bicyclic) bond motifs is 3. The fourth-order valence-corrected chi connectivity index (χ4v) is 8.36. The van der Waals surface area contributed by atoms with Gasteiger partial charge in [-0.1, -0.05) is 60.2 Å². The summed E-state index contributed by atoms with van der Waals surface area (Å²) in [5, 5.41) is 10.9. The molecular weight excluding hydrogens is 596 g/mol. The molecule has 1 fully saturated rings. The number of halogens is 1. The lowest BCUT2D eigenvalue weighted by Gasteiger charge is -2.42. The SMILES string of the molecule is O=C1NS(=O)(=O)[C@H](c2ccccc2)CC/C=C/[C@H](O)C2CC[C@H]2CN2CCCCc3cc(Cl)ccc3COc3ccc1cc32. The zero-order valence-corrected chi connectivity index (χ0v) is 26.3. The quantitative estimate of drug-likeness (QED) is 0.293. The van der Waals surface area contributed by atoms with Gasteiger partial charge < -0.3 is 14.7 Å². The first-order valence-corrected chi connectivity index (χ1v) is 17.5. The summed E-state index contributed by atoms with van der Waals surface area (Å²) in [5.74, 6) is 0.370. The highest BCUT2D eigenvalue weighted by Gasteiger charge is 2.37. The van der Waals surface area contributed by atoms with Gasteiger partial charge in [0.25, 0.3) is 5.91 Å². The number of aliphatic hydroxyl groups excluding tert-OH is 1. The first kappa shape index (κ1) is 30.7. The number of rotatable bonds is 1. The fraction of sp³-hybridized carbons (Fsp3) is 0.400. The van der Waals surface area contributed by atoms with E-state index in [4.69, 9.17) is 16.3 Å². The van der Waals surface area contributed by atoms with Crippen LogP contribution >= 0.6 is 11.6 Å². The van der Waals surface area contributed by atoms with Crippen LogP contribution in [0.15, 0.2) is 78.9 Å². The lowest BCUT2D eigenvalue weighted by molar-refractivity contribution is 0.0461. The van der Waals surface area contributed by atoms with Gasteiger partial charge in [0.2, 0.25) is 10.0 Å². The Bertz CT molecular complexity index is 1630. The van der Waals surface area contributed by atoms with Crippen LogP contribution in [0.1, 0.15) is 70.8 Å². The maximum atomic E-state index is 13.7. The van der Waals surface area contributed by atoms with Gasteiger partial charge in [-0.05, 0) is 104 Å². The highest BCUT2D eigenvalue weighted by Crippen LogP contribution is 2.41. The summed E-state index contributed by atoms with van der Waals surface area (Å²) in [6, 6.07) is 20.0. The number of carbonyl (C=O) groups is 1. The Balaban J connectivity index is 1.39. The molecule has 44 heavy (non-hydrogen) atoms. The number of sulfonamides is 1. The fourth-order valence-electron chi connectivity index (χ4n) is 6.69. The molecule has 4 atom stereocenters. The number of amides is 1. The number of carbonyl (C=O) groups excluding carboxylic acids is 1. The topological polar surface area (TPSA) is 95.9 Å². The number of hydrogen-bond acceptors (Lipinski definition) is 6. The van der Waals surface area contributed by atoms with Crippen LogP contribution in [0.2, 0.25) is 5.02 Å². The summed E-state index contributed by atoms with van der Waals surface area (Å²) in [6.45, 7) is 1.80. The molecule has 232 valence electrons. The van der Waals surface area contributed by atoms with Crippen molar-refractivity contribution in [2.75, 3.05) is 18.0 Å². The lowest BCUT2D eigenvalue weighted by Crippen LogP contribution is -2.43. The predicted octanol–water partition coefficient (Wildman–Crippen LogP) is 6.60. The molecule has 3 aromatic carbocycles. The summed E-state index contributed by atoms with van der Waals surface area (Å²) in [5.41, 5.74) is 3.87. The molecule has 0 saturated heterocycles. The van der Waals surface area contributed by atoms with Crippen molar-refractivity contribution in [2.45, 2.75) is 62.9 Å². The van der Waals surface area contributed by atoms with Gasteiger partial charge >= 0.3 is 0 Å². The third kappa shape index (κ3) is 6.82. The van der Waals surface area contributed by atoms with E-state index in [0.29, 0.717) is 35.9 Å². The van der Waals surface area contributed by atoms with E-state index in [1.165, 1.54) is 5.56 Å². The molecule has 2 heterocycles. The molecule has 0 spiro atoms. The Kier molecular flexibility index (Phi) is 9.31. The normalized spacial score (nSPS) is 26.4. The number of benzene rings is 3. The monoisotopic (exact) mass is 634 g/mol. The van der Waals surface area contributed by atoms with Gasteiger partial charge in [-0.25, -0.2) is 13.1 Å². The van der Waals surface area contributed by atoms with E-state index in [2.05, 4.69) is 9.62 Å². The van der Waals surface area contributed by atoms with Crippen LogP contribution in [0, 0.1) is 11.8 Å². The van der Waals surface area contributed by atoms with Crippen LogP contribution in [-0.2, 0) is 23.1 Å². The molecule has 2 N–H and O–H groups in total. The van der Waals surface area contributed by atoms with Crippen LogP contribution in [0.3, 0.4) is 0 Å². The van der Waals surface area contributed by atoms with Crippen LogP contribution in [0.5, 0.6) is 5.75 Å². The molecule has 2 aliphatic heterocycles. The molecule has 0 radical (unpaired) electrons. The maximum absolute atomic E-state index is 13.7. The largest absolute Gasteiger partial charge is 0.487 e. The molecule has 1 unspecified atom stereocenters. The van der Waals surface area contributed by atoms with Crippen molar-refractivity contribution in [3.8, 4) is 5.75 Å². The molecule has 9 heteroatoms. The maximum Gasteiger partial charge on any atom is 0.264 e. The van der Waals surface area contributed by atoms with Crippen molar-refractivity contribution in [1.29, 1.82) is 0 Å². The first-order chi connectivity index (χ1) is 21.3. The molecule has 3 aliphatic rings. The van der Waals surface area contributed by atoms with Gasteiger partial charge in [-0.15, -0.1) is 0 Å². The summed E-state index contributed by atoms with van der Waals surface area (Å²) >= 11 is 6.32. The summed E-state index contributed by atoms with van der Waals surface area (Å²) < 4.78 is 36.1. The van der Waals surface area contributed by atoms with Crippen LogP contribution < -0.4 is 14.4 Å². The summed E-state index contributed by atoms with van der Waals surface area (Å²) in [4.78, 5) is 15.8. The van der Waals surface area contributed by atoms with Crippen molar-refractivity contribution < 1.29 is 23.1 Å². The lowest BCUT2D eigenvalue weighted by atomic mass is 9.70. The van der Waals surface area contributed by atoms with Gasteiger partial charge in [0.15, 0.2) is 0 Å². The van der Waals surface area contributed by atoms with Gasteiger partial charge in [0, 0.05) is 23.7 Å². The van der Waals surface area contributed by atoms with Crippen LogP contribution in [-0.4, -0.2) is 38.6 Å². The van der Waals surface area contributed by atoms with E-state index >= 15 is 0 Å². The average molecular weight is 635 g/mol. The van der Waals surface area contributed by atoms with Crippen molar-refractivity contribution >= 4 is 33.2 Å². The molecule has 0 aromatic heterocycles. The minimum atomic E-state index is -4.08. The Morgan fingerprint density at radius 1 is 0.955 bits per heavy atom. The number of hydrogen-bond donors (Lipinski definition) is 2. The number of ether oxygens (including phenoxy) is 1. The average Bonchev–Trinajstić information content (AvgIpc) is 3.02. The first-order valence-electron chi connectivity index (χ1n) is 15.5. The number of nitrogens with one attached hydrogen (secondary N) is 1. The second-order valence-electron chi connectivity index (χ2n) is 12.2. The zero-order valence-electron chi connectivity index (χ0n) is 24.7. The minimum Gasteiger partial charge on any atom is -0.487 e. The second kappa shape index (κ2) is 13.3. The molecule has 7 nitrogen and oxygen atoms in total. The highest BCUT2D eigenvalue weighted by molar-refractivity contribution is 7.90. The van der Waals surface area contributed by atoms with Crippen molar-refractivity contribution in [1.82, 2.24) is 4.72 Å². The zero-order chi connectivity index (χ0) is 30.7. The molecule has 6 rings (SSSR count). The number of nitrogens with zero attached hydrogens (tertiary/aromatic N) is 1. The van der Waals surface area contributed by atoms with Crippen LogP contribution in [0.4, 0.5) is 5.69 Å². The molecule has 2 bridgehead atoms. The van der Waals surface area contributed by atoms with E-state index in [1.807, 2.05) is 36.4 Å². The molecular formula is C35H39ClN2O5S. The van der Waals surface area contributed by atoms with Gasteiger partial charge in [0.05, 0.1) is 11.8 Å². The number of aliphatic hydroxyl groups is 1. The second-order valence-corrected chi connectivity index (χ2v) is 14.5. The van der Waals surface area contributed by atoms with Gasteiger partial charge in [-0.3, -0.25) is 4.79 Å². The molecule has 3 aromatic rings. The Morgan fingerprint density at radius 3 is 2.59 bits per heavy atom. The standard InChI is InChI=1S/C35H39ClN2O5S/c36-29-16-13-28-23-43-33-18-15-26-21-31(33)38(19-7-6-10-25(28)20-29)22-27-14-17-30(27)32(39)11-4-5-12-34(24-8-2-1-3-9-24)44(41,42)37-35(26)40/h1-4,8-9,11,13,15-16,18,20-21,27,30,32,34,39H,5-7,10,12,14,17,19,22-23H2,(H,37,40)/b11-4+/t27-,30?,32-,34-/m0/s1. The Hall–Kier alpha value is -3.33. The van der Waals surface area contributed by atoms with E-state index in [0.717, 1.165) is 49.9 Å². The predicted molar refractivity (Wildman–Crippen MR) is 174 cm³/mol. The van der Waals surface area contributed by atoms with Gasteiger partial charge in [0.1, 0.15) is 17.6 Å². The molecule has 1 amide bonds. The summed E-state index contributed by atoms with van der Waals surface area (Å²) in [6.07, 6.45) is 8.54. The summed E-state index contributed by atoms with van der Waals surface area (Å²) in [7, 11) is -4.08. The van der Waals surface area contributed by atoms with E-state index in [1.54, 1.807) is 42.5 Å². The van der Waals surface area contributed by atoms with Crippen LogP contribution in [0.25, 0.3) is 0 Å². The van der Waals surface area contributed by atoms with E-state index in [9.17, 15) is 18.3 Å². The molecule has 1 saturated carbocycles. The van der Waals surface area contributed by atoms with Crippen molar-refractivity contribution in [3.05, 3.63) is 106 Å². The Labute approximate surface area is 264 Å². The Morgan fingerprint density at radius 2 is 1.80 bits per heavy atom. The van der Waals surface area contributed by atoms with E-state index in [-0.39, 0.29) is 23.8 Å². The minimum absolute atomic E-state index is 0.119. The number of allylic oxidation sites excluding steroid dienone is 1. The number of anilines is 1. The van der Waals surface area contributed by atoms with Gasteiger partial charge in [-0.2, -0.15) is 0 Å². The number of aryl methyl sites for hydroxylation is 1. The third-order valence-electron chi connectivity index (χ3n) is 9.32. The van der Waals surface area contributed by atoms with Crippen molar-refractivity contribution in [2.24, 2.45) is 11.8 Å². The highest BCUT2D eigenvalue weighted by atomic mass is 35.5. The third-order valence-corrected chi connectivity index (χ3v) is 11.3. The smallest absolute Gasteiger partial charge is 0.264 e. The van der Waals surface area contributed by atoms with Crippen molar-refractivity contribution in [3.63, 3.8) is 0 Å². The van der Waals surface area contributed by atoms with E-state index < -0.39 is 27.3 Å².